The molecule has 0 saturated carbocycles. The van der Waals surface area contributed by atoms with Gasteiger partial charge in [-0.05, 0) is 0 Å². The number of hydrogen-bond acceptors (Lipinski definition) is 7. The normalized spacial score (nSPS) is 17.7. The van der Waals surface area contributed by atoms with E-state index in [2.05, 4.69) is 35.0 Å². The van der Waals surface area contributed by atoms with Crippen LogP contribution in [0.5, 0.6) is 0 Å². The van der Waals surface area contributed by atoms with Crippen LogP contribution in [0.25, 0.3) is 0 Å². The van der Waals surface area contributed by atoms with E-state index in [1.807, 2.05) is 0 Å². The molecule has 7 nitrogen and oxygen atoms in total. The molecule has 0 aliphatic carbocycles. The third-order valence-corrected chi connectivity index (χ3v) is 5.10. The molecule has 0 aliphatic rings. The predicted octanol–water partition coefficient (Wildman–Crippen LogP) is 7.30. The number of hydrogen-bond donors (Lipinski definition) is 0. The Morgan fingerprint density at radius 3 is 1.27 bits per heavy atom. The molecule has 0 aromatic carbocycles. The zero-order chi connectivity index (χ0) is 39.3. The van der Waals surface area contributed by atoms with Gasteiger partial charge in [0, 0.05) is 13.0 Å². The monoisotopic (exact) mass is 782 g/mol. The summed E-state index contributed by atoms with van der Waals surface area (Å²) in [6.07, 6.45) is -37.3. The number of esters is 1. The largest absolute Gasteiger partial charge is 0.462 e. The highest BCUT2D eigenvalue weighted by molar-refractivity contribution is 5.81. The number of ether oxygens (including phenoxy) is 6. The maximum atomic E-state index is 14.4. The van der Waals surface area contributed by atoms with Crippen LogP contribution in [-0.4, -0.2) is 112 Å². The second-order valence-corrected chi connectivity index (χ2v) is 9.12. The summed E-state index contributed by atoms with van der Waals surface area (Å²) in [4.78, 5) is 11.0. The Labute approximate surface area is 258 Å². The average Bonchev–Trinajstić information content (AvgIpc) is 2.87. The molecule has 3 atom stereocenters. The van der Waals surface area contributed by atoms with Gasteiger partial charge in [-0.1, -0.05) is 6.58 Å². The zero-order valence-electron chi connectivity index (χ0n) is 23.4. The first-order chi connectivity index (χ1) is 21.4. The molecule has 0 radical (unpaired) electrons. The molecule has 0 spiro atoms. The van der Waals surface area contributed by atoms with E-state index in [1.54, 1.807) is 0 Å². The van der Waals surface area contributed by atoms with Crippen molar-refractivity contribution in [1.82, 2.24) is 0 Å². The summed E-state index contributed by atoms with van der Waals surface area (Å²) in [5.41, 5.74) is 0. The Balaban J connectivity index is 6.10. The minimum absolute atomic E-state index is 0.505. The number of rotatable bonds is 20. The quantitative estimate of drug-likeness (QED) is 0.0556. The molecule has 0 fully saturated rings. The van der Waals surface area contributed by atoms with Crippen LogP contribution in [0.15, 0.2) is 12.7 Å². The highest BCUT2D eigenvalue weighted by Crippen LogP contribution is 2.52. The molecule has 0 amide bonds. The highest BCUT2D eigenvalue weighted by Gasteiger charge is 2.78. The Hall–Kier alpha value is -2.46. The summed E-state index contributed by atoms with van der Waals surface area (Å²) in [6.45, 7) is -9.92. The molecule has 49 heavy (non-hydrogen) atoms. The fraction of sp³-hybridized carbons (Fsp3) is 0.857. The lowest BCUT2D eigenvalue weighted by atomic mass is 10.1. The van der Waals surface area contributed by atoms with Crippen molar-refractivity contribution in [2.45, 2.75) is 73.3 Å². The van der Waals surface area contributed by atoms with Gasteiger partial charge in [0.2, 0.25) is 0 Å². The highest BCUT2D eigenvalue weighted by atomic mass is 19.4. The second kappa shape index (κ2) is 15.4. The van der Waals surface area contributed by atoms with Crippen molar-refractivity contribution >= 4 is 5.97 Å². The third kappa shape index (κ3) is 11.5. The number of carbonyl (C=O) groups is 1. The van der Waals surface area contributed by atoms with E-state index in [-0.39, 0.29) is 0 Å². The number of halogens is 21. The number of alkyl halides is 21. The van der Waals surface area contributed by atoms with Crippen LogP contribution in [0.2, 0.25) is 0 Å². The smallest absolute Gasteiger partial charge is 0.460 e. The standard InChI is InChI=1S/C21H19F21O7/c1-3-11(43)47-5-4-46-10(6-44-8-13(24,17(30,31)32)48-20(39,40)15(26,27)12(2,22)23)7-45-9-14(25,18(33,34)35)49-21(41,42)16(28,29)19(36,37)38/h3,10H,1,4-9H2,2H3. The van der Waals surface area contributed by atoms with E-state index in [9.17, 15) is 97.0 Å². The average molecular weight is 782 g/mol. The van der Waals surface area contributed by atoms with E-state index in [0.717, 1.165) is 0 Å². The van der Waals surface area contributed by atoms with Gasteiger partial charge in [0.05, 0.1) is 19.8 Å². The summed E-state index contributed by atoms with van der Waals surface area (Å²) >= 11 is 0. The molecule has 28 heteroatoms. The first-order valence-corrected chi connectivity index (χ1v) is 11.9. The first-order valence-electron chi connectivity index (χ1n) is 11.9. The zero-order valence-corrected chi connectivity index (χ0v) is 23.4. The van der Waals surface area contributed by atoms with Gasteiger partial charge >= 0.3 is 66.2 Å². The summed E-state index contributed by atoms with van der Waals surface area (Å²) in [5.74, 6) is -33.8. The van der Waals surface area contributed by atoms with Crippen LogP contribution in [0, 0.1) is 0 Å². The third-order valence-electron chi connectivity index (χ3n) is 5.10. The molecule has 0 heterocycles. The van der Waals surface area contributed by atoms with Gasteiger partial charge in [-0.15, -0.1) is 0 Å². The molecule has 0 saturated heterocycles. The minimum atomic E-state index is -7.47. The lowest BCUT2D eigenvalue weighted by Crippen LogP contribution is -2.60. The summed E-state index contributed by atoms with van der Waals surface area (Å²) in [6, 6.07) is 0. The molecule has 0 rings (SSSR count). The summed E-state index contributed by atoms with van der Waals surface area (Å²) < 4.78 is 297. The van der Waals surface area contributed by atoms with E-state index in [4.69, 9.17) is 0 Å². The Kier molecular flexibility index (Phi) is 14.6. The van der Waals surface area contributed by atoms with Crippen molar-refractivity contribution in [2.75, 3.05) is 39.6 Å². The van der Waals surface area contributed by atoms with Gasteiger partial charge in [0.1, 0.15) is 25.9 Å². The second-order valence-electron chi connectivity index (χ2n) is 9.12. The molecule has 0 aromatic rings. The van der Waals surface area contributed by atoms with E-state index < -0.39 is 119 Å². The molecule has 0 N–H and O–H groups in total. The molecule has 0 bridgehead atoms. The van der Waals surface area contributed by atoms with Gasteiger partial charge < -0.3 is 18.9 Å². The van der Waals surface area contributed by atoms with Gasteiger partial charge in [-0.2, -0.15) is 92.2 Å². The summed E-state index contributed by atoms with van der Waals surface area (Å²) in [5, 5.41) is 0. The van der Waals surface area contributed by atoms with Crippen LogP contribution < -0.4 is 0 Å². The van der Waals surface area contributed by atoms with E-state index in [1.165, 1.54) is 0 Å². The number of carbonyl (C=O) groups excluding carboxylic acids is 1. The summed E-state index contributed by atoms with van der Waals surface area (Å²) in [7, 11) is 0. The SMILES string of the molecule is C=CC(=O)OCCOC(COCC(F)(OC(F)(F)C(F)(F)C(C)(F)F)C(F)(F)F)COCC(F)(OC(F)(F)C(F)(F)C(F)(F)F)C(F)(F)F. The minimum Gasteiger partial charge on any atom is -0.460 e. The fourth-order valence-electron chi connectivity index (χ4n) is 2.50. The topological polar surface area (TPSA) is 72.5 Å². The lowest BCUT2D eigenvalue weighted by molar-refractivity contribution is -0.486. The fourth-order valence-corrected chi connectivity index (χ4v) is 2.50. The Morgan fingerprint density at radius 2 is 0.959 bits per heavy atom. The molecule has 292 valence electrons. The van der Waals surface area contributed by atoms with Crippen LogP contribution in [-0.2, 0) is 33.2 Å². The van der Waals surface area contributed by atoms with Crippen LogP contribution >= 0.6 is 0 Å². The molecular formula is C21H19F21O7. The van der Waals surface area contributed by atoms with Crippen molar-refractivity contribution in [2.24, 2.45) is 0 Å². The van der Waals surface area contributed by atoms with Crippen LogP contribution in [0.4, 0.5) is 92.2 Å². The molecule has 0 aromatic heterocycles. The van der Waals surface area contributed by atoms with Crippen molar-refractivity contribution < 1.29 is 125 Å². The molecule has 3 unspecified atom stereocenters. The van der Waals surface area contributed by atoms with Gasteiger partial charge in [-0.25, -0.2) is 4.79 Å². The van der Waals surface area contributed by atoms with Gasteiger partial charge in [0.15, 0.2) is 0 Å². The van der Waals surface area contributed by atoms with Gasteiger partial charge in [-0.3, -0.25) is 9.47 Å². The van der Waals surface area contributed by atoms with Gasteiger partial charge in [0.25, 0.3) is 0 Å². The molecule has 0 aliphatic heterocycles. The Bertz CT molecular complexity index is 1010. The van der Waals surface area contributed by atoms with E-state index >= 15 is 0 Å². The van der Waals surface area contributed by atoms with Crippen LogP contribution in [0.3, 0.4) is 0 Å². The Morgan fingerprint density at radius 1 is 0.592 bits per heavy atom. The van der Waals surface area contributed by atoms with Crippen molar-refractivity contribution in [3.63, 3.8) is 0 Å². The van der Waals surface area contributed by atoms with Crippen molar-refractivity contribution in [3.8, 4) is 0 Å². The first kappa shape index (κ1) is 46.5. The van der Waals surface area contributed by atoms with Crippen molar-refractivity contribution in [3.05, 3.63) is 12.7 Å². The maximum absolute atomic E-state index is 14.4. The molecular weight excluding hydrogens is 763 g/mol. The lowest BCUT2D eigenvalue weighted by Gasteiger charge is -2.36. The van der Waals surface area contributed by atoms with Crippen molar-refractivity contribution in [1.29, 1.82) is 0 Å². The van der Waals surface area contributed by atoms with Crippen LogP contribution in [0.1, 0.15) is 6.92 Å². The maximum Gasteiger partial charge on any atom is 0.462 e. The predicted molar refractivity (Wildman–Crippen MR) is 111 cm³/mol. The van der Waals surface area contributed by atoms with E-state index in [0.29, 0.717) is 6.08 Å².